The van der Waals surface area contributed by atoms with E-state index in [-0.39, 0.29) is 0 Å². The van der Waals surface area contributed by atoms with Crippen LogP contribution >= 0.6 is 0 Å². The quantitative estimate of drug-likeness (QED) is 0.158. The largest absolute Gasteiger partial charge is 0.456 e. The molecule has 0 radical (unpaired) electrons. The fourth-order valence-corrected chi connectivity index (χ4v) is 8.14. The minimum atomic E-state index is 0.926. The van der Waals surface area contributed by atoms with Gasteiger partial charge in [-0.1, -0.05) is 107 Å². The molecule has 0 N–H and O–H groups in total. The highest BCUT2D eigenvalue weighted by atomic mass is 16.3. The molecule has 0 aliphatic heterocycles. The first-order chi connectivity index (χ1) is 22.7. The summed E-state index contributed by atoms with van der Waals surface area (Å²) in [7, 11) is 18.5. The van der Waals surface area contributed by atoms with Gasteiger partial charge < -0.3 is 4.42 Å². The molecule has 7 aromatic carbocycles. The van der Waals surface area contributed by atoms with E-state index in [2.05, 4.69) is 154 Å². The van der Waals surface area contributed by atoms with Crippen LogP contribution in [-0.4, -0.2) is 62.8 Å². The molecule has 0 spiro atoms. The molecule has 0 bridgehead atoms. The number of fused-ring (bicyclic) bond motifs is 5. The Kier molecular flexibility index (Phi) is 6.95. The van der Waals surface area contributed by atoms with Gasteiger partial charge in [-0.3, -0.25) is 0 Å². The van der Waals surface area contributed by atoms with Crippen LogP contribution < -0.4 is 43.7 Å². The van der Waals surface area contributed by atoms with Crippen molar-refractivity contribution in [2.75, 3.05) is 0 Å². The van der Waals surface area contributed by atoms with E-state index in [1.807, 2.05) is 6.07 Å². The molecule has 9 heteroatoms. The van der Waals surface area contributed by atoms with E-state index >= 15 is 0 Å². The maximum absolute atomic E-state index is 6.24. The first kappa shape index (κ1) is 29.8. The Labute approximate surface area is 283 Å². The molecule has 47 heavy (non-hydrogen) atoms. The van der Waals surface area contributed by atoms with E-state index in [0.717, 1.165) is 16.6 Å². The number of benzene rings is 7. The second-order valence-corrected chi connectivity index (χ2v) is 13.5. The molecule has 0 saturated heterocycles. The number of hydrogen-bond donors (Lipinski definition) is 0. The summed E-state index contributed by atoms with van der Waals surface area (Å²) in [6.07, 6.45) is 0. The van der Waals surface area contributed by atoms with Crippen LogP contribution in [0.25, 0.3) is 76.9 Å². The maximum atomic E-state index is 6.24. The fourth-order valence-electron chi connectivity index (χ4n) is 8.14. The highest BCUT2D eigenvalue weighted by Crippen LogP contribution is 2.42. The Balaban J connectivity index is 1.51. The Bertz CT molecular complexity index is 2510. The summed E-state index contributed by atoms with van der Waals surface area (Å²) < 4.78 is 6.24. The van der Waals surface area contributed by atoms with Crippen molar-refractivity contribution < 1.29 is 4.42 Å². The number of hydrogen-bond acceptors (Lipinski definition) is 1. The van der Waals surface area contributed by atoms with Crippen LogP contribution in [0.5, 0.6) is 0 Å². The summed E-state index contributed by atoms with van der Waals surface area (Å²) in [5, 5.41) is 7.84. The summed E-state index contributed by atoms with van der Waals surface area (Å²) in [5.74, 6) is 0. The van der Waals surface area contributed by atoms with Crippen molar-refractivity contribution in [3.8, 4) is 33.4 Å². The molecular formula is C38H32B8O. The Morgan fingerprint density at radius 1 is 0.319 bits per heavy atom. The fraction of sp³-hybridized carbons (Fsp3) is 0. The zero-order chi connectivity index (χ0) is 32.7. The highest BCUT2D eigenvalue weighted by molar-refractivity contribution is 6.71. The minimum Gasteiger partial charge on any atom is -0.456 e. The van der Waals surface area contributed by atoms with E-state index < -0.39 is 0 Å². The van der Waals surface area contributed by atoms with Gasteiger partial charge in [0, 0.05) is 10.8 Å². The number of furan rings is 1. The van der Waals surface area contributed by atoms with Crippen molar-refractivity contribution in [3.05, 3.63) is 97.1 Å². The summed E-state index contributed by atoms with van der Waals surface area (Å²) >= 11 is 0. The normalized spacial score (nSPS) is 11.7. The summed E-state index contributed by atoms with van der Waals surface area (Å²) in [6, 6.07) is 35.1. The van der Waals surface area contributed by atoms with Gasteiger partial charge in [0.2, 0.25) is 0 Å². The molecule has 1 nitrogen and oxygen atoms in total. The molecule has 0 saturated carbocycles. The SMILES string of the molecule is Bc1c(B)c(B)c2c(-c3ccc(-c4cccc5oc6ccccc6c45)cc3)c3c(B)c(B)c(B)c(B)c3c(-c3ccccc3)c2c1B. The zero-order valence-electron chi connectivity index (χ0n) is 28.6. The van der Waals surface area contributed by atoms with E-state index in [9.17, 15) is 0 Å². The first-order valence-corrected chi connectivity index (χ1v) is 16.7. The Hall–Kier alpha value is -4.62. The molecule has 1 aromatic heterocycles. The van der Waals surface area contributed by atoms with Crippen LogP contribution in [0.15, 0.2) is 101 Å². The second kappa shape index (κ2) is 11.0. The van der Waals surface area contributed by atoms with Crippen molar-refractivity contribution in [1.82, 2.24) is 0 Å². The van der Waals surface area contributed by atoms with Crippen LogP contribution in [0.3, 0.4) is 0 Å². The predicted molar refractivity (Wildman–Crippen MR) is 230 cm³/mol. The Morgan fingerprint density at radius 3 is 1.28 bits per heavy atom. The van der Waals surface area contributed by atoms with Crippen LogP contribution in [-0.2, 0) is 0 Å². The van der Waals surface area contributed by atoms with Crippen LogP contribution in [0.2, 0.25) is 0 Å². The van der Waals surface area contributed by atoms with Gasteiger partial charge in [-0.25, -0.2) is 0 Å². The smallest absolute Gasteiger partial charge is 0.139 e. The zero-order valence-corrected chi connectivity index (χ0v) is 28.6. The maximum Gasteiger partial charge on any atom is 0.139 e. The van der Waals surface area contributed by atoms with E-state index in [4.69, 9.17) is 4.42 Å². The van der Waals surface area contributed by atoms with Gasteiger partial charge in [-0.15, -0.1) is 21.9 Å². The monoisotopic (exact) mass is 592 g/mol. The lowest BCUT2D eigenvalue weighted by molar-refractivity contribution is 0.669. The van der Waals surface area contributed by atoms with Gasteiger partial charge in [0.1, 0.15) is 73.9 Å². The highest BCUT2D eigenvalue weighted by Gasteiger charge is 2.25. The van der Waals surface area contributed by atoms with Gasteiger partial charge in [-0.2, -0.15) is 0 Å². The van der Waals surface area contributed by atoms with Gasteiger partial charge >= 0.3 is 0 Å². The molecule has 8 aromatic rings. The van der Waals surface area contributed by atoms with Gasteiger partial charge in [0.15, 0.2) is 0 Å². The topological polar surface area (TPSA) is 13.1 Å². The van der Waals surface area contributed by atoms with Gasteiger partial charge in [0.05, 0.1) is 0 Å². The summed E-state index contributed by atoms with van der Waals surface area (Å²) in [6.45, 7) is 0. The van der Waals surface area contributed by atoms with Gasteiger partial charge in [-0.05, 0) is 67.1 Å². The first-order valence-electron chi connectivity index (χ1n) is 16.7. The summed E-state index contributed by atoms with van der Waals surface area (Å²) in [5.41, 5.74) is 20.5. The third-order valence-corrected chi connectivity index (χ3v) is 11.3. The molecule has 0 atom stereocenters. The molecule has 1 heterocycles. The lowest BCUT2D eigenvalue weighted by Gasteiger charge is -2.28. The number of rotatable bonds is 3. The predicted octanol–water partition coefficient (Wildman–Crippen LogP) is -3.04. The van der Waals surface area contributed by atoms with Crippen LogP contribution in [0.1, 0.15) is 0 Å². The molecule has 0 unspecified atom stereocenters. The second-order valence-electron chi connectivity index (χ2n) is 13.5. The summed E-state index contributed by atoms with van der Waals surface area (Å²) in [4.78, 5) is 0. The van der Waals surface area contributed by atoms with Crippen molar-refractivity contribution in [2.24, 2.45) is 0 Å². The standard InChI is InChI=1S/C38H32B8O/c39-31-27-24(18-7-2-1-3-8-18)28-30(34(42)38(46)36(44)32(28)40)25(29(27)33(41)37(45)35(31)43)19-15-13-17(14-16-19)20-10-6-12-23-26(20)21-9-4-5-11-22(21)47-23/h1-16H,39-46H2. The van der Waals surface area contributed by atoms with Crippen molar-refractivity contribution >= 4 is 150 Å². The van der Waals surface area contributed by atoms with Crippen molar-refractivity contribution in [1.29, 1.82) is 0 Å². The molecule has 8 rings (SSSR count). The molecular weight excluding hydrogens is 559 g/mol. The van der Waals surface area contributed by atoms with E-state index in [1.165, 1.54) is 104 Å². The average molecular weight is 591 g/mol. The van der Waals surface area contributed by atoms with Crippen LogP contribution in [0.4, 0.5) is 0 Å². The van der Waals surface area contributed by atoms with Gasteiger partial charge in [0.25, 0.3) is 0 Å². The van der Waals surface area contributed by atoms with Crippen LogP contribution in [0, 0.1) is 0 Å². The van der Waals surface area contributed by atoms with Crippen molar-refractivity contribution in [2.45, 2.75) is 0 Å². The lowest BCUT2D eigenvalue weighted by atomic mass is 9.59. The Morgan fingerprint density at radius 2 is 0.745 bits per heavy atom. The van der Waals surface area contributed by atoms with Crippen molar-refractivity contribution in [3.63, 3.8) is 0 Å². The molecule has 0 amide bonds. The minimum absolute atomic E-state index is 0.926. The van der Waals surface area contributed by atoms with E-state index in [0.29, 0.717) is 0 Å². The number of para-hydroxylation sites is 1. The molecule has 0 aliphatic carbocycles. The molecule has 0 fully saturated rings. The molecule has 214 valence electrons. The third-order valence-electron chi connectivity index (χ3n) is 11.3. The third kappa shape index (κ3) is 4.28. The van der Waals surface area contributed by atoms with E-state index in [1.54, 1.807) is 0 Å². The molecule has 0 aliphatic rings. The average Bonchev–Trinajstić information content (AvgIpc) is 3.49. The lowest BCUT2D eigenvalue weighted by Crippen LogP contribution is -2.50.